The molecular weight excluding hydrogens is 278 g/mol. The van der Waals surface area contributed by atoms with Crippen molar-refractivity contribution in [1.29, 1.82) is 0 Å². The second-order valence-electron chi connectivity index (χ2n) is 4.90. The van der Waals surface area contributed by atoms with E-state index < -0.39 is 11.1 Å². The topological polar surface area (TPSA) is 69.5 Å². The number of nitrogens with one attached hydrogen (secondary N) is 2. The summed E-state index contributed by atoms with van der Waals surface area (Å²) in [6.45, 7) is 0.281. The van der Waals surface area contributed by atoms with E-state index in [9.17, 15) is 10.0 Å². The van der Waals surface area contributed by atoms with Crippen LogP contribution in [-0.4, -0.2) is 11.0 Å². The highest BCUT2D eigenvalue weighted by Crippen LogP contribution is 2.19. The molecule has 3 aromatic rings. The van der Waals surface area contributed by atoms with Crippen LogP contribution in [0.25, 0.3) is 10.8 Å². The first-order chi connectivity index (χ1) is 10.8. The Kier molecular flexibility index (Phi) is 4.09. The number of nitrogens with zero attached hydrogens (tertiary/aromatic N) is 1. The molecule has 110 valence electrons. The van der Waals surface area contributed by atoms with Crippen LogP contribution in [0.2, 0.25) is 0 Å². The van der Waals surface area contributed by atoms with Crippen molar-refractivity contribution in [2.24, 2.45) is 0 Å². The van der Waals surface area contributed by atoms with Crippen LogP contribution in [0.3, 0.4) is 0 Å². The van der Waals surface area contributed by atoms with Crippen molar-refractivity contribution in [2.75, 3.05) is 0 Å². The van der Waals surface area contributed by atoms with Crippen molar-refractivity contribution in [3.8, 4) is 0 Å². The summed E-state index contributed by atoms with van der Waals surface area (Å²) in [5.74, 6) is 0. The highest BCUT2D eigenvalue weighted by Gasteiger charge is 2.16. The van der Waals surface area contributed by atoms with Gasteiger partial charge in [0, 0.05) is 30.4 Å². The molecule has 0 saturated heterocycles. The minimum absolute atomic E-state index is 0.281. The van der Waals surface area contributed by atoms with Gasteiger partial charge in [-0.25, -0.2) is 4.79 Å². The minimum Gasteiger partial charge on any atom is -0.620 e. The normalized spacial score (nSPS) is 12.0. The number of carbonyl (C=O) groups is 1. The zero-order valence-corrected chi connectivity index (χ0v) is 11.8. The molecule has 2 amide bonds. The summed E-state index contributed by atoms with van der Waals surface area (Å²) in [5.41, 5.74) is 1.27. The number of urea groups is 1. The van der Waals surface area contributed by atoms with Gasteiger partial charge in [0.05, 0.1) is 0 Å². The highest BCUT2D eigenvalue weighted by atomic mass is 16.5. The molecule has 0 aliphatic heterocycles. The van der Waals surface area contributed by atoms with E-state index in [1.54, 1.807) is 30.6 Å². The van der Waals surface area contributed by atoms with Crippen molar-refractivity contribution in [3.63, 3.8) is 0 Å². The van der Waals surface area contributed by atoms with Crippen molar-refractivity contribution >= 4 is 22.5 Å². The van der Waals surface area contributed by atoms with Crippen LogP contribution in [0, 0.1) is 5.21 Å². The number of aromatic nitrogens is 1. The molecule has 22 heavy (non-hydrogen) atoms. The van der Waals surface area contributed by atoms with E-state index in [-0.39, 0.29) is 6.54 Å². The third-order valence-corrected chi connectivity index (χ3v) is 3.42. The molecule has 0 spiro atoms. The van der Waals surface area contributed by atoms with Gasteiger partial charge in [-0.15, -0.1) is 0 Å². The van der Waals surface area contributed by atoms with Crippen LogP contribution >= 0.6 is 0 Å². The van der Waals surface area contributed by atoms with Crippen molar-refractivity contribution < 1.29 is 9.86 Å². The summed E-state index contributed by atoms with van der Waals surface area (Å²) in [6.07, 6.45) is 3.31. The van der Waals surface area contributed by atoms with Crippen LogP contribution in [0.1, 0.15) is 5.56 Å². The molecule has 0 bridgehead atoms. The fourth-order valence-electron chi connectivity index (χ4n) is 2.31. The van der Waals surface area contributed by atoms with Gasteiger partial charge in [0.2, 0.25) is 0 Å². The maximum absolute atomic E-state index is 12.4. The van der Waals surface area contributed by atoms with Crippen LogP contribution in [0.15, 0.2) is 67.0 Å². The molecule has 3 rings (SSSR count). The van der Waals surface area contributed by atoms with Gasteiger partial charge < -0.3 is 10.5 Å². The number of benzene rings is 2. The SMILES string of the molecule is O=C(NCc1cccnc1)[NH+]([O-])c1cccc2ccccc12. The van der Waals surface area contributed by atoms with Crippen LogP contribution in [0.4, 0.5) is 10.5 Å². The number of quaternary nitrogens is 1. The molecule has 2 aromatic carbocycles. The van der Waals surface area contributed by atoms with E-state index in [4.69, 9.17) is 0 Å². The van der Waals surface area contributed by atoms with Gasteiger partial charge in [-0.2, -0.15) is 0 Å². The molecule has 1 heterocycles. The smallest absolute Gasteiger partial charge is 0.420 e. The molecule has 1 aromatic heterocycles. The zero-order chi connectivity index (χ0) is 15.4. The van der Waals surface area contributed by atoms with E-state index in [0.717, 1.165) is 16.3 Å². The highest BCUT2D eigenvalue weighted by molar-refractivity contribution is 5.91. The molecule has 0 saturated carbocycles. The Hall–Kier alpha value is -2.76. The van der Waals surface area contributed by atoms with Gasteiger partial charge in [0.1, 0.15) is 5.69 Å². The number of amides is 2. The quantitative estimate of drug-likeness (QED) is 0.727. The van der Waals surface area contributed by atoms with Crippen LogP contribution in [-0.2, 0) is 6.54 Å². The van der Waals surface area contributed by atoms with E-state index >= 15 is 0 Å². The molecule has 0 aliphatic rings. The Labute approximate surface area is 127 Å². The van der Waals surface area contributed by atoms with Crippen molar-refractivity contribution in [2.45, 2.75) is 6.54 Å². The molecule has 5 heteroatoms. The Bertz CT molecular complexity index is 785. The van der Waals surface area contributed by atoms with E-state index in [0.29, 0.717) is 5.69 Å². The molecule has 0 fully saturated rings. The second-order valence-corrected chi connectivity index (χ2v) is 4.90. The number of pyridine rings is 1. The number of carbonyl (C=O) groups excluding carboxylic acids is 1. The Morgan fingerprint density at radius 1 is 1.09 bits per heavy atom. The lowest BCUT2D eigenvalue weighted by molar-refractivity contribution is -0.680. The Morgan fingerprint density at radius 2 is 1.91 bits per heavy atom. The Balaban J connectivity index is 1.77. The molecular formula is C17H15N3O2. The fraction of sp³-hybridized carbons (Fsp3) is 0.0588. The summed E-state index contributed by atoms with van der Waals surface area (Å²) in [5, 5.41) is 16.2. The van der Waals surface area contributed by atoms with Gasteiger partial charge in [-0.05, 0) is 23.1 Å². The molecule has 0 radical (unpaired) electrons. The van der Waals surface area contributed by atoms with Crippen LogP contribution < -0.4 is 10.4 Å². The van der Waals surface area contributed by atoms with E-state index in [1.807, 2.05) is 36.4 Å². The van der Waals surface area contributed by atoms with Gasteiger partial charge in [-0.3, -0.25) is 10.0 Å². The zero-order valence-electron chi connectivity index (χ0n) is 11.8. The van der Waals surface area contributed by atoms with Crippen molar-refractivity contribution in [3.05, 3.63) is 77.8 Å². The van der Waals surface area contributed by atoms with Crippen LogP contribution in [0.5, 0.6) is 0 Å². The maximum Gasteiger partial charge on any atom is 0.420 e. The van der Waals surface area contributed by atoms with E-state index in [1.165, 1.54) is 0 Å². The average Bonchev–Trinajstić information content (AvgIpc) is 2.59. The number of rotatable bonds is 3. The minimum atomic E-state index is -0.611. The molecule has 1 unspecified atom stereocenters. The average molecular weight is 293 g/mol. The number of hydrogen-bond acceptors (Lipinski definition) is 3. The molecule has 5 nitrogen and oxygen atoms in total. The first-order valence-electron chi connectivity index (χ1n) is 6.95. The first-order valence-corrected chi connectivity index (χ1v) is 6.95. The lowest BCUT2D eigenvalue weighted by Gasteiger charge is -2.20. The summed E-state index contributed by atoms with van der Waals surface area (Å²) in [4.78, 5) is 16.0. The summed E-state index contributed by atoms with van der Waals surface area (Å²) >= 11 is 0. The van der Waals surface area contributed by atoms with Gasteiger partial charge in [-0.1, -0.05) is 36.4 Å². The van der Waals surface area contributed by atoms with Gasteiger partial charge in [0.25, 0.3) is 0 Å². The van der Waals surface area contributed by atoms with Gasteiger partial charge in [0.15, 0.2) is 0 Å². The number of hydrogen-bond donors (Lipinski definition) is 2. The molecule has 1 atom stereocenters. The summed E-state index contributed by atoms with van der Waals surface area (Å²) in [7, 11) is 0. The third kappa shape index (κ3) is 2.95. The predicted molar refractivity (Wildman–Crippen MR) is 84.4 cm³/mol. The largest absolute Gasteiger partial charge is 0.620 e. The lowest BCUT2D eigenvalue weighted by Crippen LogP contribution is -3.06. The van der Waals surface area contributed by atoms with E-state index in [2.05, 4.69) is 10.3 Å². The Morgan fingerprint density at radius 3 is 2.73 bits per heavy atom. The van der Waals surface area contributed by atoms with Gasteiger partial charge >= 0.3 is 6.03 Å². The summed E-state index contributed by atoms with van der Waals surface area (Å²) < 4.78 is 0. The lowest BCUT2D eigenvalue weighted by atomic mass is 10.1. The predicted octanol–water partition coefficient (Wildman–Crippen LogP) is 2.16. The number of fused-ring (bicyclic) bond motifs is 1. The standard InChI is InChI=1S/C17H15N3O2/c21-17(19-12-13-5-4-10-18-11-13)20(22)16-9-3-7-14-6-1-2-8-15(14)16/h1-11,20H,12H2,(H,19,21). The molecule has 0 aliphatic carbocycles. The number of hydroxylamine groups is 1. The maximum atomic E-state index is 12.4. The molecule has 2 N–H and O–H groups in total. The second kappa shape index (κ2) is 6.34. The van der Waals surface area contributed by atoms with Crippen molar-refractivity contribution in [1.82, 2.24) is 10.3 Å². The summed E-state index contributed by atoms with van der Waals surface area (Å²) in [6, 6.07) is 15.9. The third-order valence-electron chi connectivity index (χ3n) is 3.42. The fourth-order valence-corrected chi connectivity index (χ4v) is 2.31. The first kappa shape index (κ1) is 14.2. The monoisotopic (exact) mass is 293 g/mol.